The molecular weight excluding hydrogens is 591 g/mol. The first kappa shape index (κ1) is 30.3. The Kier molecular flexibility index (Phi) is 8.40. The van der Waals surface area contributed by atoms with Gasteiger partial charge in [0, 0.05) is 5.31 Å². The molecule has 0 saturated heterocycles. The number of rotatable bonds is 8. The molecule has 1 aliphatic rings. The van der Waals surface area contributed by atoms with Crippen LogP contribution in [0.4, 0.5) is 11.4 Å². The van der Waals surface area contributed by atoms with Gasteiger partial charge in [-0.1, -0.05) is 194 Å². The number of hydrogen-bond donors (Lipinski definition) is 0. The summed E-state index contributed by atoms with van der Waals surface area (Å²) in [5.74, 6) is 0.0144. The summed E-state index contributed by atoms with van der Waals surface area (Å²) in [5.41, 5.74) is 11.6. The molecule has 1 heterocycles. The highest BCUT2D eigenvalue weighted by molar-refractivity contribution is 6.84. The molecule has 0 fully saturated rings. The molecule has 0 unspecified atom stereocenters. The van der Waals surface area contributed by atoms with Crippen molar-refractivity contribution < 1.29 is 0 Å². The smallest absolute Gasteiger partial charge is 0.151 e. The molecule has 232 valence electrons. The molecule has 0 amide bonds. The molecule has 7 aromatic rings. The Morgan fingerprint density at radius 3 is 1.55 bits per heavy atom. The quantitative estimate of drug-likeness (QED) is 0.118. The van der Waals surface area contributed by atoms with Crippen molar-refractivity contribution in [3.05, 3.63) is 234 Å². The zero-order chi connectivity index (χ0) is 32.9. The van der Waals surface area contributed by atoms with Gasteiger partial charge in [0.25, 0.3) is 0 Å². The van der Waals surface area contributed by atoms with Crippen LogP contribution in [0.15, 0.2) is 216 Å². The Bertz CT molecular complexity index is 2200. The van der Waals surface area contributed by atoms with Gasteiger partial charge in [0.2, 0.25) is 6.71 Å². The van der Waals surface area contributed by atoms with Crippen molar-refractivity contribution in [2.24, 2.45) is 10.2 Å². The van der Waals surface area contributed by atoms with Gasteiger partial charge in [-0.15, -0.1) is 0 Å². The molecule has 0 aromatic heterocycles. The van der Waals surface area contributed by atoms with E-state index in [1.54, 1.807) is 0 Å². The molecule has 49 heavy (non-hydrogen) atoms. The van der Waals surface area contributed by atoms with Crippen molar-refractivity contribution in [1.29, 1.82) is 0 Å². The molecular formula is C46H35BN2. The van der Waals surface area contributed by atoms with Crippen LogP contribution in [0.3, 0.4) is 0 Å². The number of benzene rings is 7. The summed E-state index contributed by atoms with van der Waals surface area (Å²) in [7, 11) is 0. The van der Waals surface area contributed by atoms with Gasteiger partial charge >= 0.3 is 0 Å². The first-order valence-electron chi connectivity index (χ1n) is 16.9. The van der Waals surface area contributed by atoms with E-state index in [2.05, 4.69) is 176 Å². The van der Waals surface area contributed by atoms with E-state index >= 15 is 0 Å². The minimum absolute atomic E-state index is 0.0144. The predicted molar refractivity (Wildman–Crippen MR) is 205 cm³/mol. The highest BCUT2D eigenvalue weighted by Gasteiger charge is 2.59. The van der Waals surface area contributed by atoms with Gasteiger partial charge in [0.15, 0.2) is 0 Å². The summed E-state index contributed by atoms with van der Waals surface area (Å²) in [6, 6.07) is 73.8. The van der Waals surface area contributed by atoms with Crippen LogP contribution in [-0.2, 0) is 5.31 Å². The summed E-state index contributed by atoms with van der Waals surface area (Å²) in [6.07, 6.45) is 0. The highest BCUT2D eigenvalue weighted by Crippen LogP contribution is 2.62. The fourth-order valence-electron chi connectivity index (χ4n) is 7.98. The van der Waals surface area contributed by atoms with E-state index in [0.29, 0.717) is 0 Å². The molecule has 0 N–H and O–H groups in total. The molecule has 2 nitrogen and oxygen atoms in total. The average Bonchev–Trinajstić information content (AvgIpc) is 3.52. The van der Waals surface area contributed by atoms with Crippen molar-refractivity contribution in [1.82, 2.24) is 0 Å². The van der Waals surface area contributed by atoms with E-state index in [9.17, 15) is 0 Å². The topological polar surface area (TPSA) is 24.7 Å². The van der Waals surface area contributed by atoms with Crippen molar-refractivity contribution >= 4 is 34.7 Å². The van der Waals surface area contributed by atoms with E-state index in [0.717, 1.165) is 16.9 Å². The first-order valence-corrected chi connectivity index (χ1v) is 16.9. The molecule has 0 radical (unpaired) electrons. The van der Waals surface area contributed by atoms with Gasteiger partial charge < -0.3 is 0 Å². The first-order chi connectivity index (χ1) is 24.4. The van der Waals surface area contributed by atoms with Crippen LogP contribution in [0.1, 0.15) is 33.6 Å². The van der Waals surface area contributed by atoms with Crippen molar-refractivity contribution in [2.75, 3.05) is 0 Å². The molecule has 0 bridgehead atoms. The number of nitrogens with zero attached hydrogens (tertiary/aromatic N) is 2. The van der Waals surface area contributed by atoms with Crippen LogP contribution >= 0.6 is 0 Å². The maximum absolute atomic E-state index is 5.05. The molecule has 8 rings (SSSR count). The summed E-state index contributed by atoms with van der Waals surface area (Å²) >= 11 is 0. The summed E-state index contributed by atoms with van der Waals surface area (Å²) in [4.78, 5) is 0. The lowest BCUT2D eigenvalue weighted by Gasteiger charge is -2.41. The highest BCUT2D eigenvalue weighted by atomic mass is 15.1. The third kappa shape index (κ3) is 5.54. The zero-order valence-electron chi connectivity index (χ0n) is 27.2. The van der Waals surface area contributed by atoms with Crippen molar-refractivity contribution in [3.8, 4) is 0 Å². The van der Waals surface area contributed by atoms with Crippen LogP contribution in [0.5, 0.6) is 0 Å². The third-order valence-corrected chi connectivity index (χ3v) is 9.83. The Hall–Kier alpha value is -6.06. The van der Waals surface area contributed by atoms with Crippen LogP contribution in [-0.4, -0.2) is 6.71 Å². The lowest BCUT2D eigenvalue weighted by molar-refractivity contribution is 0.916. The van der Waals surface area contributed by atoms with E-state index in [-0.39, 0.29) is 12.5 Å². The zero-order valence-corrected chi connectivity index (χ0v) is 27.2. The van der Waals surface area contributed by atoms with Crippen molar-refractivity contribution in [3.63, 3.8) is 0 Å². The standard InChI is InChI=1S/C46H35BN2/c1-7-21-35(22-8-1)43-44(36-23-9-2-10-24-36)46(38-27-13-4-14-28-38,41-33-19-20-34-42(41)49-48-40-31-17-6-18-32-40)47(39-29-15-5-16-30-39)45(43)37-25-11-3-12-26-37/h1-34,45H/t45-,46-/m1/s1. The number of allylic oxidation sites excluding steroid dienone is 2. The normalized spacial score (nSPS) is 17.5. The monoisotopic (exact) mass is 626 g/mol. The third-order valence-electron chi connectivity index (χ3n) is 9.83. The maximum atomic E-state index is 5.05. The second-order valence-electron chi connectivity index (χ2n) is 12.5. The van der Waals surface area contributed by atoms with E-state index in [1.165, 1.54) is 38.9 Å². The fourth-order valence-corrected chi connectivity index (χ4v) is 7.98. The van der Waals surface area contributed by atoms with E-state index < -0.39 is 5.31 Å². The maximum Gasteiger partial charge on any atom is 0.210 e. The van der Waals surface area contributed by atoms with Gasteiger partial charge in [-0.25, -0.2) is 0 Å². The summed E-state index contributed by atoms with van der Waals surface area (Å²) in [6.45, 7) is -0.0306. The van der Waals surface area contributed by atoms with Crippen molar-refractivity contribution in [2.45, 2.75) is 11.1 Å². The second-order valence-corrected chi connectivity index (χ2v) is 12.5. The van der Waals surface area contributed by atoms with Crippen LogP contribution < -0.4 is 5.46 Å². The van der Waals surface area contributed by atoms with E-state index in [1.807, 2.05) is 30.3 Å². The molecule has 3 heteroatoms. The Morgan fingerprint density at radius 1 is 0.429 bits per heavy atom. The SMILES string of the molecule is c1ccc(N=Nc2ccccc2[C@@]2(c3ccccc3)B(c3ccccc3)[C@H](c3ccccc3)C(c3ccccc3)=C2c2ccccc2)cc1. The van der Waals surface area contributed by atoms with Gasteiger partial charge in [-0.2, -0.15) is 10.2 Å². The molecule has 0 aliphatic carbocycles. The fraction of sp³-hybridized carbons (Fsp3) is 0.0435. The summed E-state index contributed by atoms with van der Waals surface area (Å²) < 4.78 is 0. The Balaban J connectivity index is 1.57. The number of hydrogen-bond acceptors (Lipinski definition) is 2. The Labute approximate surface area is 289 Å². The van der Waals surface area contributed by atoms with Crippen LogP contribution in [0.25, 0.3) is 11.1 Å². The number of azo groups is 1. The van der Waals surface area contributed by atoms with Crippen LogP contribution in [0, 0.1) is 0 Å². The van der Waals surface area contributed by atoms with Crippen LogP contribution in [0.2, 0.25) is 0 Å². The molecule has 7 aromatic carbocycles. The minimum atomic E-state index is -0.665. The molecule has 1 aliphatic heterocycles. The molecule has 2 atom stereocenters. The van der Waals surface area contributed by atoms with Gasteiger partial charge in [0.1, 0.15) is 0 Å². The predicted octanol–water partition coefficient (Wildman–Crippen LogP) is 11.3. The summed E-state index contributed by atoms with van der Waals surface area (Å²) in [5, 5.41) is 9.17. The average molecular weight is 627 g/mol. The lowest BCUT2D eigenvalue weighted by Crippen LogP contribution is -2.52. The molecule has 0 spiro atoms. The lowest BCUT2D eigenvalue weighted by atomic mass is 9.23. The van der Waals surface area contributed by atoms with Gasteiger partial charge in [-0.05, 0) is 63.0 Å². The largest absolute Gasteiger partial charge is 0.210 e. The van der Waals surface area contributed by atoms with E-state index in [4.69, 9.17) is 10.2 Å². The minimum Gasteiger partial charge on any atom is -0.151 e. The van der Waals surface area contributed by atoms with Gasteiger partial charge in [0.05, 0.1) is 11.4 Å². The molecule has 0 saturated carbocycles. The Morgan fingerprint density at radius 2 is 0.918 bits per heavy atom. The van der Waals surface area contributed by atoms with Gasteiger partial charge in [-0.3, -0.25) is 0 Å². The second kappa shape index (κ2) is 13.6.